The van der Waals surface area contributed by atoms with Crippen molar-refractivity contribution < 1.29 is 9.47 Å². The van der Waals surface area contributed by atoms with E-state index < -0.39 is 0 Å². The van der Waals surface area contributed by atoms with E-state index in [-0.39, 0.29) is 5.41 Å². The first-order valence-electron chi connectivity index (χ1n) is 7.36. The monoisotopic (exact) mass is 273 g/mol. The number of methoxy groups -OCH3 is 1. The van der Waals surface area contributed by atoms with E-state index >= 15 is 0 Å². The van der Waals surface area contributed by atoms with Crippen molar-refractivity contribution in [3.05, 3.63) is 24.3 Å². The van der Waals surface area contributed by atoms with Crippen LogP contribution < -0.4 is 9.47 Å². The highest BCUT2D eigenvalue weighted by atomic mass is 16.5. The lowest BCUT2D eigenvalue weighted by molar-refractivity contribution is 0.167. The van der Waals surface area contributed by atoms with Crippen LogP contribution in [0.2, 0.25) is 0 Å². The topological polar surface area (TPSA) is 42.2 Å². The Hall–Kier alpha value is -1.69. The van der Waals surface area contributed by atoms with Gasteiger partial charge in [-0.05, 0) is 43.7 Å². The molecule has 0 aliphatic heterocycles. The summed E-state index contributed by atoms with van der Waals surface area (Å²) in [5.41, 5.74) is -0.186. The summed E-state index contributed by atoms with van der Waals surface area (Å²) >= 11 is 0. The van der Waals surface area contributed by atoms with E-state index in [0.717, 1.165) is 49.5 Å². The van der Waals surface area contributed by atoms with Gasteiger partial charge in [0.05, 0.1) is 25.2 Å². The number of hydrogen-bond donors (Lipinski definition) is 0. The molecular weight excluding hydrogens is 250 g/mol. The van der Waals surface area contributed by atoms with Crippen LogP contribution in [-0.2, 0) is 0 Å². The Morgan fingerprint density at radius 3 is 2.50 bits per heavy atom. The number of benzene rings is 1. The molecule has 0 amide bonds. The summed E-state index contributed by atoms with van der Waals surface area (Å²) in [5.74, 6) is 2.26. The van der Waals surface area contributed by atoms with Crippen molar-refractivity contribution in [1.29, 1.82) is 5.26 Å². The summed E-state index contributed by atoms with van der Waals surface area (Å²) in [6.45, 7) is 2.84. The van der Waals surface area contributed by atoms with Gasteiger partial charge in [-0.2, -0.15) is 5.26 Å². The Labute approximate surface area is 121 Å². The van der Waals surface area contributed by atoms with Gasteiger partial charge in [0.25, 0.3) is 0 Å². The molecule has 1 aliphatic rings. The molecule has 1 fully saturated rings. The van der Waals surface area contributed by atoms with Gasteiger partial charge in [-0.3, -0.25) is 0 Å². The maximum absolute atomic E-state index is 9.50. The maximum atomic E-state index is 9.50. The van der Waals surface area contributed by atoms with Gasteiger partial charge in [0.15, 0.2) is 11.5 Å². The summed E-state index contributed by atoms with van der Waals surface area (Å²) in [5, 5.41) is 9.50. The number of para-hydroxylation sites is 2. The summed E-state index contributed by atoms with van der Waals surface area (Å²) in [6.07, 6.45) is 5.11. The second-order valence-electron chi connectivity index (χ2n) is 5.82. The third-order valence-corrected chi connectivity index (χ3v) is 4.38. The first-order valence-corrected chi connectivity index (χ1v) is 7.36. The SMILES string of the molecule is COc1ccccc1OCCC1(C#N)CCC(C)CC1. The highest BCUT2D eigenvalue weighted by Gasteiger charge is 2.34. The molecule has 0 bridgehead atoms. The average molecular weight is 273 g/mol. The van der Waals surface area contributed by atoms with Gasteiger partial charge in [-0.1, -0.05) is 19.1 Å². The molecule has 0 spiro atoms. The molecule has 20 heavy (non-hydrogen) atoms. The van der Waals surface area contributed by atoms with Crippen LogP contribution in [0.3, 0.4) is 0 Å². The summed E-state index contributed by atoms with van der Waals surface area (Å²) in [4.78, 5) is 0. The Morgan fingerprint density at radius 1 is 1.25 bits per heavy atom. The fourth-order valence-electron chi connectivity index (χ4n) is 2.83. The zero-order valence-electron chi connectivity index (χ0n) is 12.4. The molecule has 1 aromatic carbocycles. The van der Waals surface area contributed by atoms with Gasteiger partial charge in [0.1, 0.15) is 0 Å². The van der Waals surface area contributed by atoms with E-state index in [2.05, 4.69) is 13.0 Å². The minimum atomic E-state index is -0.186. The predicted octanol–water partition coefficient (Wildman–Crippen LogP) is 4.18. The van der Waals surface area contributed by atoms with E-state index in [1.807, 2.05) is 24.3 Å². The van der Waals surface area contributed by atoms with Gasteiger partial charge in [-0.15, -0.1) is 0 Å². The molecule has 3 nitrogen and oxygen atoms in total. The molecule has 0 N–H and O–H groups in total. The van der Waals surface area contributed by atoms with Crippen LogP contribution in [0.4, 0.5) is 0 Å². The summed E-state index contributed by atoms with van der Waals surface area (Å²) in [6, 6.07) is 10.2. The molecule has 0 aromatic heterocycles. The highest BCUT2D eigenvalue weighted by Crippen LogP contribution is 2.41. The molecule has 1 aliphatic carbocycles. The number of nitriles is 1. The minimum absolute atomic E-state index is 0.186. The van der Waals surface area contributed by atoms with Crippen LogP contribution in [-0.4, -0.2) is 13.7 Å². The lowest BCUT2D eigenvalue weighted by atomic mass is 9.70. The molecule has 108 valence electrons. The quantitative estimate of drug-likeness (QED) is 0.808. The third-order valence-electron chi connectivity index (χ3n) is 4.38. The third kappa shape index (κ3) is 3.45. The van der Waals surface area contributed by atoms with Gasteiger partial charge in [0, 0.05) is 6.42 Å². The Morgan fingerprint density at radius 2 is 1.90 bits per heavy atom. The average Bonchev–Trinajstić information content (AvgIpc) is 2.50. The van der Waals surface area contributed by atoms with E-state index in [0.29, 0.717) is 6.61 Å². The van der Waals surface area contributed by atoms with Gasteiger partial charge < -0.3 is 9.47 Å². The fourth-order valence-corrected chi connectivity index (χ4v) is 2.83. The molecule has 0 unspecified atom stereocenters. The lowest BCUT2D eigenvalue weighted by Crippen LogP contribution is -2.27. The predicted molar refractivity (Wildman–Crippen MR) is 78.8 cm³/mol. The van der Waals surface area contributed by atoms with E-state index in [1.165, 1.54) is 0 Å². The number of hydrogen-bond acceptors (Lipinski definition) is 3. The van der Waals surface area contributed by atoms with Crippen LogP contribution in [0, 0.1) is 22.7 Å². The summed E-state index contributed by atoms with van der Waals surface area (Å²) < 4.78 is 11.1. The number of rotatable bonds is 5. The van der Waals surface area contributed by atoms with Crippen molar-refractivity contribution in [3.63, 3.8) is 0 Å². The van der Waals surface area contributed by atoms with Crippen molar-refractivity contribution in [3.8, 4) is 17.6 Å². The Balaban J connectivity index is 1.90. The standard InChI is InChI=1S/C17H23NO2/c1-14-7-9-17(13-18,10-8-14)11-12-20-16-6-4-3-5-15(16)19-2/h3-6,14H,7-12H2,1-2H3. The van der Waals surface area contributed by atoms with Gasteiger partial charge in [-0.25, -0.2) is 0 Å². The van der Waals surface area contributed by atoms with Crippen molar-refractivity contribution in [2.24, 2.45) is 11.3 Å². The molecule has 1 saturated carbocycles. The molecule has 1 aromatic rings. The zero-order chi connectivity index (χ0) is 14.4. The smallest absolute Gasteiger partial charge is 0.161 e. The molecule has 0 radical (unpaired) electrons. The van der Waals surface area contributed by atoms with E-state index in [4.69, 9.17) is 9.47 Å². The first kappa shape index (κ1) is 14.7. The molecular formula is C17H23NO2. The Kier molecular flexibility index (Phi) is 4.89. The second kappa shape index (κ2) is 6.65. The molecule has 2 rings (SSSR count). The van der Waals surface area contributed by atoms with E-state index in [9.17, 15) is 5.26 Å². The van der Waals surface area contributed by atoms with Crippen LogP contribution in [0.25, 0.3) is 0 Å². The first-order chi connectivity index (χ1) is 9.69. The molecule has 0 saturated heterocycles. The van der Waals surface area contributed by atoms with Crippen LogP contribution in [0.15, 0.2) is 24.3 Å². The van der Waals surface area contributed by atoms with Crippen LogP contribution in [0.1, 0.15) is 39.0 Å². The summed E-state index contributed by atoms with van der Waals surface area (Å²) in [7, 11) is 1.64. The van der Waals surface area contributed by atoms with Crippen LogP contribution in [0.5, 0.6) is 11.5 Å². The van der Waals surface area contributed by atoms with Crippen LogP contribution >= 0.6 is 0 Å². The molecule has 3 heteroatoms. The largest absolute Gasteiger partial charge is 0.493 e. The van der Waals surface area contributed by atoms with Crippen molar-refractivity contribution >= 4 is 0 Å². The van der Waals surface area contributed by atoms with Crippen molar-refractivity contribution in [2.75, 3.05) is 13.7 Å². The molecule has 0 heterocycles. The Bertz CT molecular complexity index is 470. The minimum Gasteiger partial charge on any atom is -0.493 e. The number of nitrogens with zero attached hydrogens (tertiary/aromatic N) is 1. The normalized spacial score (nSPS) is 25.8. The van der Waals surface area contributed by atoms with Crippen molar-refractivity contribution in [1.82, 2.24) is 0 Å². The fraction of sp³-hybridized carbons (Fsp3) is 0.588. The van der Waals surface area contributed by atoms with Crippen molar-refractivity contribution in [2.45, 2.75) is 39.0 Å². The molecule has 0 atom stereocenters. The zero-order valence-corrected chi connectivity index (χ0v) is 12.4. The second-order valence-corrected chi connectivity index (χ2v) is 5.82. The maximum Gasteiger partial charge on any atom is 0.161 e. The van der Waals surface area contributed by atoms with Gasteiger partial charge in [0.2, 0.25) is 0 Å². The van der Waals surface area contributed by atoms with Gasteiger partial charge >= 0.3 is 0 Å². The van der Waals surface area contributed by atoms with E-state index in [1.54, 1.807) is 7.11 Å². The number of ether oxygens (including phenoxy) is 2. The highest BCUT2D eigenvalue weighted by molar-refractivity contribution is 5.39. The lowest BCUT2D eigenvalue weighted by Gasteiger charge is -2.33.